The van der Waals surface area contributed by atoms with E-state index in [2.05, 4.69) is 15.3 Å². The van der Waals surface area contributed by atoms with E-state index >= 15 is 0 Å². The zero-order valence-corrected chi connectivity index (χ0v) is 10.3. The lowest BCUT2D eigenvalue weighted by molar-refractivity contribution is 0.518. The first-order chi connectivity index (χ1) is 9.36. The Bertz CT molecular complexity index is 679. The van der Waals surface area contributed by atoms with Gasteiger partial charge in [-0.15, -0.1) is 0 Å². The van der Waals surface area contributed by atoms with E-state index in [-0.39, 0.29) is 0 Å². The summed E-state index contributed by atoms with van der Waals surface area (Å²) in [7, 11) is 0. The highest BCUT2D eigenvalue weighted by molar-refractivity contribution is 5.88. The quantitative estimate of drug-likeness (QED) is 0.747. The van der Waals surface area contributed by atoms with Gasteiger partial charge in [0.1, 0.15) is 17.4 Å². The second kappa shape index (κ2) is 5.07. The van der Waals surface area contributed by atoms with Crippen molar-refractivity contribution in [2.75, 3.05) is 5.32 Å². The molecule has 0 spiro atoms. The Morgan fingerprint density at radius 1 is 1.11 bits per heavy atom. The van der Waals surface area contributed by atoms with Gasteiger partial charge in [-0.05, 0) is 24.3 Å². The lowest BCUT2D eigenvalue weighted by Crippen LogP contribution is -2.08. The summed E-state index contributed by atoms with van der Waals surface area (Å²) in [6.07, 6.45) is 1.65. The zero-order valence-electron chi connectivity index (χ0n) is 10.3. The second-order valence-corrected chi connectivity index (χ2v) is 4.14. The Balaban J connectivity index is 1.96. The molecule has 0 unspecified atom stereocenters. The molecule has 19 heavy (non-hydrogen) atoms. The van der Waals surface area contributed by atoms with Gasteiger partial charge >= 0.3 is 0 Å². The lowest BCUT2D eigenvalue weighted by atomic mass is 10.2. The van der Waals surface area contributed by atoms with E-state index in [1.807, 2.05) is 36.4 Å². The number of hydrogen-bond acceptors (Lipinski definition) is 5. The number of para-hydroxylation sites is 1. The van der Waals surface area contributed by atoms with Crippen molar-refractivity contribution < 1.29 is 4.42 Å². The minimum atomic E-state index is 0.320. The van der Waals surface area contributed by atoms with Crippen molar-refractivity contribution in [1.82, 2.24) is 9.97 Å². The largest absolute Gasteiger partial charge is 0.467 e. The maximum absolute atomic E-state index is 5.63. The third kappa shape index (κ3) is 2.41. The predicted octanol–water partition coefficient (Wildman–Crippen LogP) is 2.29. The highest BCUT2D eigenvalue weighted by Crippen LogP contribution is 2.20. The smallest absolute Gasteiger partial charge is 0.144 e. The Morgan fingerprint density at radius 2 is 2.00 bits per heavy atom. The Hall–Kier alpha value is -2.40. The molecule has 0 amide bonds. The SMILES string of the molecule is NCc1nc(NCc2ccco2)c2ccccc2n1. The first kappa shape index (κ1) is 11.7. The monoisotopic (exact) mass is 254 g/mol. The average Bonchev–Trinajstić information content (AvgIpc) is 2.97. The van der Waals surface area contributed by atoms with E-state index in [1.165, 1.54) is 0 Å². The van der Waals surface area contributed by atoms with E-state index < -0.39 is 0 Å². The van der Waals surface area contributed by atoms with Crippen LogP contribution in [0.4, 0.5) is 5.82 Å². The maximum atomic E-state index is 5.63. The second-order valence-electron chi connectivity index (χ2n) is 4.14. The van der Waals surface area contributed by atoms with Crippen LogP contribution in [0.1, 0.15) is 11.6 Å². The van der Waals surface area contributed by atoms with Crippen molar-refractivity contribution in [3.05, 3.63) is 54.2 Å². The first-order valence-corrected chi connectivity index (χ1v) is 6.09. The zero-order chi connectivity index (χ0) is 13.1. The Labute approximate surface area is 110 Å². The molecular weight excluding hydrogens is 240 g/mol. The van der Waals surface area contributed by atoms with Crippen LogP contribution in [0.2, 0.25) is 0 Å². The van der Waals surface area contributed by atoms with Gasteiger partial charge in [0.25, 0.3) is 0 Å². The van der Waals surface area contributed by atoms with Crippen molar-refractivity contribution in [3.63, 3.8) is 0 Å². The van der Waals surface area contributed by atoms with Gasteiger partial charge < -0.3 is 15.5 Å². The van der Waals surface area contributed by atoms with Crippen LogP contribution in [0.5, 0.6) is 0 Å². The molecule has 3 N–H and O–H groups in total. The van der Waals surface area contributed by atoms with E-state index in [9.17, 15) is 0 Å². The topological polar surface area (TPSA) is 77.0 Å². The molecule has 2 aromatic heterocycles. The summed E-state index contributed by atoms with van der Waals surface area (Å²) in [6, 6.07) is 11.6. The van der Waals surface area contributed by atoms with Gasteiger partial charge in [0.05, 0.1) is 24.9 Å². The van der Waals surface area contributed by atoms with Crippen molar-refractivity contribution >= 4 is 16.7 Å². The number of nitrogens with two attached hydrogens (primary N) is 1. The number of anilines is 1. The van der Waals surface area contributed by atoms with E-state index in [0.29, 0.717) is 18.9 Å². The first-order valence-electron chi connectivity index (χ1n) is 6.09. The fraction of sp³-hybridized carbons (Fsp3) is 0.143. The molecule has 5 heteroatoms. The van der Waals surface area contributed by atoms with Crippen molar-refractivity contribution in [1.29, 1.82) is 0 Å². The van der Waals surface area contributed by atoms with Crippen LogP contribution < -0.4 is 11.1 Å². The molecule has 3 rings (SSSR count). The summed E-state index contributed by atoms with van der Waals surface area (Å²) in [5, 5.41) is 4.24. The van der Waals surface area contributed by atoms with E-state index in [4.69, 9.17) is 10.2 Å². The molecule has 0 saturated heterocycles. The van der Waals surface area contributed by atoms with Crippen LogP contribution in [0.25, 0.3) is 10.9 Å². The summed E-state index contributed by atoms with van der Waals surface area (Å²) < 4.78 is 5.29. The van der Waals surface area contributed by atoms with Crippen LogP contribution in [0, 0.1) is 0 Å². The van der Waals surface area contributed by atoms with Crippen LogP contribution in [-0.2, 0) is 13.1 Å². The Morgan fingerprint density at radius 3 is 2.79 bits per heavy atom. The fourth-order valence-corrected chi connectivity index (χ4v) is 1.93. The van der Waals surface area contributed by atoms with Gasteiger partial charge in [-0.3, -0.25) is 0 Å². The minimum absolute atomic E-state index is 0.320. The number of rotatable bonds is 4. The number of benzene rings is 1. The molecule has 1 aromatic carbocycles. The van der Waals surface area contributed by atoms with Crippen LogP contribution in [0.15, 0.2) is 47.1 Å². The number of furan rings is 1. The third-order valence-corrected chi connectivity index (χ3v) is 2.84. The summed E-state index contributed by atoms with van der Waals surface area (Å²) in [5.41, 5.74) is 6.52. The molecule has 0 radical (unpaired) electrons. The highest BCUT2D eigenvalue weighted by atomic mass is 16.3. The van der Waals surface area contributed by atoms with Gasteiger partial charge in [-0.2, -0.15) is 0 Å². The van der Waals surface area contributed by atoms with Crippen molar-refractivity contribution in [2.24, 2.45) is 5.73 Å². The maximum Gasteiger partial charge on any atom is 0.144 e. The number of aromatic nitrogens is 2. The molecule has 0 aliphatic carbocycles. The minimum Gasteiger partial charge on any atom is -0.467 e. The molecule has 0 bridgehead atoms. The third-order valence-electron chi connectivity index (χ3n) is 2.84. The van der Waals surface area contributed by atoms with E-state index in [0.717, 1.165) is 22.5 Å². The highest BCUT2D eigenvalue weighted by Gasteiger charge is 2.06. The van der Waals surface area contributed by atoms with Gasteiger partial charge in [-0.25, -0.2) is 9.97 Å². The van der Waals surface area contributed by atoms with Gasteiger partial charge in [0, 0.05) is 5.39 Å². The number of fused-ring (bicyclic) bond motifs is 1. The average molecular weight is 254 g/mol. The predicted molar refractivity (Wildman–Crippen MR) is 73.5 cm³/mol. The van der Waals surface area contributed by atoms with Gasteiger partial charge in [0.2, 0.25) is 0 Å². The Kier molecular flexibility index (Phi) is 3.12. The molecular formula is C14H14N4O. The van der Waals surface area contributed by atoms with Crippen LogP contribution in [0.3, 0.4) is 0 Å². The molecule has 0 aliphatic heterocycles. The standard InChI is InChI=1S/C14H14N4O/c15-8-13-17-12-6-2-1-5-11(12)14(18-13)16-9-10-4-3-7-19-10/h1-7H,8-9,15H2,(H,16,17,18). The molecule has 0 saturated carbocycles. The summed E-state index contributed by atoms with van der Waals surface area (Å²) in [6.45, 7) is 0.901. The van der Waals surface area contributed by atoms with E-state index in [1.54, 1.807) is 6.26 Å². The molecule has 0 atom stereocenters. The van der Waals surface area contributed by atoms with Gasteiger partial charge in [-0.1, -0.05) is 12.1 Å². The molecule has 0 fully saturated rings. The number of nitrogens with one attached hydrogen (secondary N) is 1. The van der Waals surface area contributed by atoms with Crippen molar-refractivity contribution in [3.8, 4) is 0 Å². The van der Waals surface area contributed by atoms with Crippen LogP contribution in [-0.4, -0.2) is 9.97 Å². The molecule has 2 heterocycles. The van der Waals surface area contributed by atoms with Gasteiger partial charge in [0.15, 0.2) is 0 Å². The normalized spacial score (nSPS) is 10.8. The molecule has 3 aromatic rings. The molecule has 0 aliphatic rings. The summed E-state index contributed by atoms with van der Waals surface area (Å²) >= 11 is 0. The molecule has 5 nitrogen and oxygen atoms in total. The number of hydrogen-bond donors (Lipinski definition) is 2. The van der Waals surface area contributed by atoms with Crippen molar-refractivity contribution in [2.45, 2.75) is 13.1 Å². The number of nitrogens with zero attached hydrogens (tertiary/aromatic N) is 2. The molecule has 96 valence electrons. The fourth-order valence-electron chi connectivity index (χ4n) is 1.93. The summed E-state index contributed by atoms with van der Waals surface area (Å²) in [5.74, 6) is 2.26. The van der Waals surface area contributed by atoms with Crippen LogP contribution >= 0.6 is 0 Å². The summed E-state index contributed by atoms with van der Waals surface area (Å²) in [4.78, 5) is 8.83. The lowest BCUT2D eigenvalue weighted by Gasteiger charge is -2.09.